The van der Waals surface area contributed by atoms with Gasteiger partial charge in [-0.25, -0.2) is 0 Å². The van der Waals surface area contributed by atoms with E-state index in [1.54, 1.807) is 0 Å². The molecule has 0 saturated heterocycles. The van der Waals surface area contributed by atoms with E-state index >= 15 is 0 Å². The molecule has 0 fully saturated rings. The Morgan fingerprint density at radius 1 is 0.833 bits per heavy atom. The molecule has 0 spiro atoms. The molecule has 3 nitrogen and oxygen atoms in total. The smallest absolute Gasteiger partial charge is 0.270 e. The Hall–Kier alpha value is -2.59. The van der Waals surface area contributed by atoms with Crippen LogP contribution in [-0.2, 0) is 4.79 Å². The van der Waals surface area contributed by atoms with Crippen molar-refractivity contribution in [2.24, 2.45) is 0 Å². The number of halogens is 1. The van der Waals surface area contributed by atoms with Crippen LogP contribution < -0.4 is 10.1 Å². The predicted molar refractivity (Wildman–Crippen MR) is 99.0 cm³/mol. The normalized spacial score (nSPS) is 11.5. The number of hydrogen-bond donors (Lipinski definition) is 1. The summed E-state index contributed by atoms with van der Waals surface area (Å²) >= 11 is 3.44. The molecule has 0 aromatic heterocycles. The number of para-hydroxylation sites is 2. The van der Waals surface area contributed by atoms with Crippen LogP contribution in [0.3, 0.4) is 0 Å². The van der Waals surface area contributed by atoms with Crippen molar-refractivity contribution >= 4 is 27.5 Å². The van der Waals surface area contributed by atoms with E-state index in [0.717, 1.165) is 10.0 Å². The lowest BCUT2D eigenvalue weighted by atomic mass is 10.1. The quantitative estimate of drug-likeness (QED) is 0.658. The molecular weight excluding hydrogens is 366 g/mol. The van der Waals surface area contributed by atoms with Crippen molar-refractivity contribution in [3.63, 3.8) is 0 Å². The molecule has 0 aliphatic heterocycles. The van der Waals surface area contributed by atoms with E-state index in [1.807, 2.05) is 84.9 Å². The minimum Gasteiger partial charge on any atom is -0.476 e. The van der Waals surface area contributed by atoms with Gasteiger partial charge in [-0.05, 0) is 40.2 Å². The minimum absolute atomic E-state index is 0.225. The Balaban J connectivity index is 1.87. The van der Waals surface area contributed by atoms with Crippen molar-refractivity contribution < 1.29 is 9.53 Å². The van der Waals surface area contributed by atoms with E-state index in [9.17, 15) is 4.79 Å². The zero-order chi connectivity index (χ0) is 16.8. The van der Waals surface area contributed by atoms with Gasteiger partial charge in [0, 0.05) is 10.0 Å². The van der Waals surface area contributed by atoms with Crippen molar-refractivity contribution in [1.29, 1.82) is 0 Å². The van der Waals surface area contributed by atoms with Crippen molar-refractivity contribution in [2.45, 2.75) is 6.10 Å². The Morgan fingerprint density at radius 3 is 2.08 bits per heavy atom. The summed E-state index contributed by atoms with van der Waals surface area (Å²) < 4.78 is 6.77. The second kappa shape index (κ2) is 7.79. The molecule has 1 amide bonds. The highest BCUT2D eigenvalue weighted by atomic mass is 79.9. The summed E-state index contributed by atoms with van der Waals surface area (Å²) in [6.07, 6.45) is -0.735. The van der Waals surface area contributed by atoms with Crippen molar-refractivity contribution in [2.75, 3.05) is 5.32 Å². The molecule has 4 heteroatoms. The van der Waals surface area contributed by atoms with Gasteiger partial charge in [0.05, 0.1) is 5.69 Å². The van der Waals surface area contributed by atoms with Crippen LogP contribution in [0.25, 0.3) is 0 Å². The zero-order valence-electron chi connectivity index (χ0n) is 12.9. The molecule has 0 aliphatic carbocycles. The molecule has 3 rings (SSSR count). The third-order valence-corrected chi connectivity index (χ3v) is 4.16. The van der Waals surface area contributed by atoms with Crippen LogP contribution in [0.15, 0.2) is 89.4 Å². The Labute approximate surface area is 149 Å². The number of hydrogen-bond acceptors (Lipinski definition) is 2. The van der Waals surface area contributed by atoms with Gasteiger partial charge in [0.2, 0.25) is 6.10 Å². The van der Waals surface area contributed by atoms with Crippen LogP contribution in [0, 0.1) is 0 Å². The first kappa shape index (κ1) is 16.3. The standard InChI is InChI=1S/C20H16BrNO2/c21-17-13-7-8-14-18(17)22-20(23)19(15-9-3-1-4-10-15)24-16-11-5-2-6-12-16/h1-14,19H,(H,22,23). The van der Waals surface area contributed by atoms with Gasteiger partial charge < -0.3 is 10.1 Å². The highest BCUT2D eigenvalue weighted by Gasteiger charge is 2.23. The van der Waals surface area contributed by atoms with Crippen LogP contribution >= 0.6 is 15.9 Å². The molecule has 1 N–H and O–H groups in total. The SMILES string of the molecule is O=C(Nc1ccccc1Br)C(Oc1ccccc1)c1ccccc1. The van der Waals surface area contributed by atoms with E-state index in [2.05, 4.69) is 21.2 Å². The number of carbonyl (C=O) groups is 1. The largest absolute Gasteiger partial charge is 0.476 e. The third kappa shape index (κ3) is 4.03. The summed E-state index contributed by atoms with van der Waals surface area (Å²) in [6, 6.07) is 26.3. The number of amides is 1. The summed E-state index contributed by atoms with van der Waals surface area (Å²) in [6.45, 7) is 0. The average Bonchev–Trinajstić information content (AvgIpc) is 2.63. The summed E-state index contributed by atoms with van der Waals surface area (Å²) in [7, 11) is 0. The Bertz CT molecular complexity index is 806. The van der Waals surface area contributed by atoms with Crippen LogP contribution in [0.5, 0.6) is 5.75 Å². The summed E-state index contributed by atoms with van der Waals surface area (Å²) in [5.74, 6) is 0.422. The number of rotatable bonds is 5. The van der Waals surface area contributed by atoms with Gasteiger partial charge in [-0.2, -0.15) is 0 Å². The molecule has 3 aromatic rings. The molecule has 3 aromatic carbocycles. The highest BCUT2D eigenvalue weighted by Crippen LogP contribution is 2.26. The monoisotopic (exact) mass is 381 g/mol. The first-order chi connectivity index (χ1) is 11.7. The summed E-state index contributed by atoms with van der Waals surface area (Å²) in [4.78, 5) is 12.8. The maximum atomic E-state index is 12.8. The minimum atomic E-state index is -0.735. The number of nitrogens with one attached hydrogen (secondary N) is 1. The summed E-state index contributed by atoms with van der Waals surface area (Å²) in [5, 5.41) is 2.92. The Morgan fingerprint density at radius 2 is 1.42 bits per heavy atom. The van der Waals surface area contributed by atoms with E-state index in [-0.39, 0.29) is 5.91 Å². The number of benzene rings is 3. The van der Waals surface area contributed by atoms with E-state index in [1.165, 1.54) is 0 Å². The highest BCUT2D eigenvalue weighted by molar-refractivity contribution is 9.10. The zero-order valence-corrected chi connectivity index (χ0v) is 14.4. The average molecular weight is 382 g/mol. The lowest BCUT2D eigenvalue weighted by Crippen LogP contribution is -2.25. The van der Waals surface area contributed by atoms with Gasteiger partial charge in [0.15, 0.2) is 0 Å². The van der Waals surface area contributed by atoms with Crippen molar-refractivity contribution in [3.8, 4) is 5.75 Å². The Kier molecular flexibility index (Phi) is 5.29. The van der Waals surface area contributed by atoms with Crippen LogP contribution in [0.1, 0.15) is 11.7 Å². The van der Waals surface area contributed by atoms with Crippen LogP contribution in [-0.4, -0.2) is 5.91 Å². The molecular formula is C20H16BrNO2. The first-order valence-corrected chi connectivity index (χ1v) is 8.35. The lowest BCUT2D eigenvalue weighted by molar-refractivity contribution is -0.123. The number of anilines is 1. The van der Waals surface area contributed by atoms with Crippen molar-refractivity contribution in [3.05, 3.63) is 95.0 Å². The molecule has 0 heterocycles. The molecule has 0 radical (unpaired) electrons. The van der Waals surface area contributed by atoms with Gasteiger partial charge in [-0.15, -0.1) is 0 Å². The fourth-order valence-corrected chi connectivity index (χ4v) is 2.68. The fraction of sp³-hybridized carbons (Fsp3) is 0.0500. The second-order valence-electron chi connectivity index (χ2n) is 5.19. The van der Waals surface area contributed by atoms with Crippen LogP contribution in [0.4, 0.5) is 5.69 Å². The van der Waals surface area contributed by atoms with Gasteiger partial charge in [-0.3, -0.25) is 4.79 Å². The predicted octanol–water partition coefficient (Wildman–Crippen LogP) is 5.21. The molecule has 24 heavy (non-hydrogen) atoms. The molecule has 120 valence electrons. The molecule has 0 bridgehead atoms. The van der Waals surface area contributed by atoms with Crippen LogP contribution in [0.2, 0.25) is 0 Å². The van der Waals surface area contributed by atoms with Gasteiger partial charge >= 0.3 is 0 Å². The van der Waals surface area contributed by atoms with E-state index < -0.39 is 6.10 Å². The summed E-state index contributed by atoms with van der Waals surface area (Å²) in [5.41, 5.74) is 1.51. The maximum Gasteiger partial charge on any atom is 0.270 e. The van der Waals surface area contributed by atoms with Gasteiger partial charge in [-0.1, -0.05) is 60.7 Å². The van der Waals surface area contributed by atoms with E-state index in [4.69, 9.17) is 4.74 Å². The second-order valence-corrected chi connectivity index (χ2v) is 6.05. The molecule has 0 aliphatic rings. The lowest BCUT2D eigenvalue weighted by Gasteiger charge is -2.19. The molecule has 1 unspecified atom stereocenters. The third-order valence-electron chi connectivity index (χ3n) is 3.47. The maximum absolute atomic E-state index is 12.8. The molecule has 1 atom stereocenters. The fourth-order valence-electron chi connectivity index (χ4n) is 2.30. The van der Waals surface area contributed by atoms with Gasteiger partial charge in [0.25, 0.3) is 5.91 Å². The molecule has 0 saturated carbocycles. The van der Waals surface area contributed by atoms with E-state index in [0.29, 0.717) is 11.4 Å². The topological polar surface area (TPSA) is 38.3 Å². The first-order valence-electron chi connectivity index (χ1n) is 7.56. The van der Waals surface area contributed by atoms with Crippen molar-refractivity contribution in [1.82, 2.24) is 0 Å². The number of carbonyl (C=O) groups excluding carboxylic acids is 1. The number of ether oxygens (including phenoxy) is 1. The van der Waals surface area contributed by atoms with Gasteiger partial charge in [0.1, 0.15) is 5.75 Å².